The smallest absolute Gasteiger partial charge is 0.190 e. The van der Waals surface area contributed by atoms with Gasteiger partial charge < -0.3 is 19.8 Å². The Kier molecular flexibility index (Phi) is 11.0. The third kappa shape index (κ3) is 8.40. The first-order chi connectivity index (χ1) is 11.8. The molecule has 25 heavy (non-hydrogen) atoms. The Morgan fingerprint density at radius 2 is 1.96 bits per heavy atom. The Balaban J connectivity index is 0.00000312. The highest BCUT2D eigenvalue weighted by atomic mass is 127. The fourth-order valence-electron chi connectivity index (χ4n) is 2.32. The number of hydrogen-bond donors (Lipinski definition) is 2. The van der Waals surface area contributed by atoms with E-state index in [0.717, 1.165) is 31.2 Å². The third-order valence-electron chi connectivity index (χ3n) is 3.75. The molecule has 0 aliphatic rings. The van der Waals surface area contributed by atoms with E-state index in [-0.39, 0.29) is 24.0 Å². The Hall–Kier alpha value is -1.54. The Bertz CT molecular complexity index is 588. The first kappa shape index (κ1) is 21.5. The van der Waals surface area contributed by atoms with Gasteiger partial charge in [-0.1, -0.05) is 37.3 Å². The molecular formula is C19H28IN3O2. The number of ether oxygens (including phenoxy) is 1. The van der Waals surface area contributed by atoms with Crippen LogP contribution in [0.25, 0.3) is 0 Å². The van der Waals surface area contributed by atoms with Crippen molar-refractivity contribution < 1.29 is 9.15 Å². The fourth-order valence-corrected chi connectivity index (χ4v) is 2.32. The van der Waals surface area contributed by atoms with E-state index in [2.05, 4.69) is 46.8 Å². The molecule has 2 N–H and O–H groups in total. The molecule has 1 unspecified atom stereocenters. The zero-order chi connectivity index (χ0) is 17.0. The fraction of sp³-hybridized carbons (Fsp3) is 0.421. The van der Waals surface area contributed by atoms with Crippen LogP contribution in [0.4, 0.5) is 0 Å². The van der Waals surface area contributed by atoms with Crippen molar-refractivity contribution >= 4 is 29.9 Å². The van der Waals surface area contributed by atoms with Crippen molar-refractivity contribution in [2.24, 2.45) is 4.99 Å². The molecule has 6 heteroatoms. The number of benzene rings is 1. The standard InChI is InChI=1S/C19H27N3O2.HI/c1-16(17-8-4-3-5-9-17)14-22-19(20-2)21-11-7-12-23-15-18-10-6-13-24-18;/h3-6,8-10,13,16H,7,11-12,14-15H2,1-2H3,(H2,20,21,22);1H. The molecule has 0 bridgehead atoms. The third-order valence-corrected chi connectivity index (χ3v) is 3.75. The molecular weight excluding hydrogens is 429 g/mol. The summed E-state index contributed by atoms with van der Waals surface area (Å²) in [6, 6.07) is 14.3. The molecule has 0 aliphatic carbocycles. The Morgan fingerprint density at radius 3 is 2.64 bits per heavy atom. The van der Waals surface area contributed by atoms with Crippen LogP contribution in [0.15, 0.2) is 58.1 Å². The molecule has 1 atom stereocenters. The Morgan fingerprint density at radius 1 is 1.16 bits per heavy atom. The van der Waals surface area contributed by atoms with Crippen molar-refractivity contribution in [3.05, 3.63) is 60.1 Å². The van der Waals surface area contributed by atoms with Gasteiger partial charge in [0.25, 0.3) is 0 Å². The Labute approximate surface area is 167 Å². The number of nitrogens with zero attached hydrogens (tertiary/aromatic N) is 1. The summed E-state index contributed by atoms with van der Waals surface area (Å²) in [5, 5.41) is 6.67. The van der Waals surface area contributed by atoms with Crippen LogP contribution in [0.2, 0.25) is 0 Å². The van der Waals surface area contributed by atoms with E-state index >= 15 is 0 Å². The second kappa shape index (κ2) is 12.8. The number of furan rings is 1. The minimum atomic E-state index is 0. The van der Waals surface area contributed by atoms with Crippen LogP contribution < -0.4 is 10.6 Å². The van der Waals surface area contributed by atoms with Gasteiger partial charge in [-0.25, -0.2) is 0 Å². The molecule has 138 valence electrons. The molecule has 1 heterocycles. The van der Waals surface area contributed by atoms with Crippen LogP contribution in [-0.4, -0.2) is 32.7 Å². The van der Waals surface area contributed by atoms with Crippen LogP contribution in [0, 0.1) is 0 Å². The van der Waals surface area contributed by atoms with E-state index in [0.29, 0.717) is 19.1 Å². The van der Waals surface area contributed by atoms with E-state index in [1.54, 1.807) is 13.3 Å². The van der Waals surface area contributed by atoms with Crippen LogP contribution in [0.3, 0.4) is 0 Å². The number of hydrogen-bond acceptors (Lipinski definition) is 3. The van der Waals surface area contributed by atoms with Gasteiger partial charge in [-0.3, -0.25) is 4.99 Å². The van der Waals surface area contributed by atoms with E-state index in [1.165, 1.54) is 5.56 Å². The van der Waals surface area contributed by atoms with E-state index in [9.17, 15) is 0 Å². The summed E-state index contributed by atoms with van der Waals surface area (Å²) in [6.45, 7) is 5.08. The van der Waals surface area contributed by atoms with E-state index in [4.69, 9.17) is 9.15 Å². The normalized spacial score (nSPS) is 12.3. The van der Waals surface area contributed by atoms with Gasteiger partial charge in [-0.2, -0.15) is 0 Å². The van der Waals surface area contributed by atoms with Crippen molar-refractivity contribution in [2.75, 3.05) is 26.7 Å². The highest BCUT2D eigenvalue weighted by Gasteiger charge is 2.05. The molecule has 5 nitrogen and oxygen atoms in total. The maximum absolute atomic E-state index is 5.56. The summed E-state index contributed by atoms with van der Waals surface area (Å²) < 4.78 is 10.8. The molecule has 0 fully saturated rings. The lowest BCUT2D eigenvalue weighted by atomic mass is 10.0. The second-order valence-corrected chi connectivity index (χ2v) is 5.68. The lowest BCUT2D eigenvalue weighted by Gasteiger charge is -2.16. The van der Waals surface area contributed by atoms with Crippen LogP contribution >= 0.6 is 24.0 Å². The summed E-state index contributed by atoms with van der Waals surface area (Å²) in [5.74, 6) is 2.11. The van der Waals surface area contributed by atoms with Gasteiger partial charge >= 0.3 is 0 Å². The molecule has 0 radical (unpaired) electrons. The molecule has 0 amide bonds. The van der Waals surface area contributed by atoms with Crippen molar-refractivity contribution in [2.45, 2.75) is 25.9 Å². The van der Waals surface area contributed by atoms with Crippen molar-refractivity contribution in [3.8, 4) is 0 Å². The van der Waals surface area contributed by atoms with Gasteiger partial charge in [0.1, 0.15) is 12.4 Å². The summed E-state index contributed by atoms with van der Waals surface area (Å²) in [4.78, 5) is 4.25. The quantitative estimate of drug-likeness (QED) is 0.261. The number of guanidine groups is 1. The molecule has 0 saturated heterocycles. The molecule has 1 aromatic heterocycles. The molecule has 2 rings (SSSR count). The van der Waals surface area contributed by atoms with E-state index in [1.807, 2.05) is 18.2 Å². The lowest BCUT2D eigenvalue weighted by Crippen LogP contribution is -2.39. The van der Waals surface area contributed by atoms with Gasteiger partial charge in [0, 0.05) is 26.7 Å². The summed E-state index contributed by atoms with van der Waals surface area (Å²) in [7, 11) is 1.79. The number of nitrogens with one attached hydrogen (secondary N) is 2. The van der Waals surface area contributed by atoms with Crippen LogP contribution in [0.5, 0.6) is 0 Å². The largest absolute Gasteiger partial charge is 0.467 e. The maximum atomic E-state index is 5.56. The lowest BCUT2D eigenvalue weighted by molar-refractivity contribution is 0.105. The minimum absolute atomic E-state index is 0. The number of aliphatic imine (C=N–C) groups is 1. The first-order valence-corrected chi connectivity index (χ1v) is 8.39. The van der Waals surface area contributed by atoms with Crippen LogP contribution in [-0.2, 0) is 11.3 Å². The maximum Gasteiger partial charge on any atom is 0.190 e. The van der Waals surface area contributed by atoms with Crippen molar-refractivity contribution in [1.29, 1.82) is 0 Å². The highest BCUT2D eigenvalue weighted by molar-refractivity contribution is 14.0. The molecule has 2 aromatic rings. The molecule has 0 aliphatic heterocycles. The monoisotopic (exact) mass is 457 g/mol. The van der Waals surface area contributed by atoms with Gasteiger partial charge in [-0.15, -0.1) is 24.0 Å². The number of halogens is 1. The highest BCUT2D eigenvalue weighted by Crippen LogP contribution is 2.12. The minimum Gasteiger partial charge on any atom is -0.467 e. The summed E-state index contributed by atoms with van der Waals surface area (Å²) >= 11 is 0. The molecule has 0 saturated carbocycles. The topological polar surface area (TPSA) is 58.8 Å². The van der Waals surface area contributed by atoms with Gasteiger partial charge in [0.2, 0.25) is 0 Å². The predicted octanol–water partition coefficient (Wildman–Crippen LogP) is 3.77. The summed E-state index contributed by atoms with van der Waals surface area (Å²) in [5.41, 5.74) is 1.33. The van der Waals surface area contributed by atoms with Gasteiger partial charge in [-0.05, 0) is 30.0 Å². The van der Waals surface area contributed by atoms with Crippen molar-refractivity contribution in [1.82, 2.24) is 10.6 Å². The average molecular weight is 457 g/mol. The molecule has 0 spiro atoms. The molecule has 1 aromatic carbocycles. The summed E-state index contributed by atoms with van der Waals surface area (Å²) in [6.07, 6.45) is 2.57. The number of rotatable bonds is 9. The van der Waals surface area contributed by atoms with Crippen molar-refractivity contribution in [3.63, 3.8) is 0 Å². The zero-order valence-electron chi connectivity index (χ0n) is 14.9. The zero-order valence-corrected chi connectivity index (χ0v) is 17.2. The predicted molar refractivity (Wildman–Crippen MR) is 113 cm³/mol. The second-order valence-electron chi connectivity index (χ2n) is 5.68. The first-order valence-electron chi connectivity index (χ1n) is 8.39. The SMILES string of the molecule is CN=C(NCCCOCc1ccco1)NCC(C)c1ccccc1.I. The average Bonchev–Trinajstić information content (AvgIpc) is 3.14. The van der Waals surface area contributed by atoms with Gasteiger partial charge in [0.05, 0.1) is 6.26 Å². The van der Waals surface area contributed by atoms with Crippen LogP contribution in [0.1, 0.15) is 30.6 Å². The van der Waals surface area contributed by atoms with E-state index < -0.39 is 0 Å². The van der Waals surface area contributed by atoms with Gasteiger partial charge in [0.15, 0.2) is 5.96 Å².